The summed E-state index contributed by atoms with van der Waals surface area (Å²) >= 11 is 0. The average molecular weight is 218 g/mol. The maximum absolute atomic E-state index is 12.4. The second kappa shape index (κ2) is 4.36. The van der Waals surface area contributed by atoms with Crippen LogP contribution in [-0.4, -0.2) is 21.9 Å². The monoisotopic (exact) mass is 218 g/mol. The number of aliphatic hydroxyl groups is 1. The van der Waals surface area contributed by atoms with Gasteiger partial charge in [-0.1, -0.05) is 11.8 Å². The second-order valence-electron chi connectivity index (χ2n) is 2.85. The molecule has 2 N–H and O–H groups in total. The number of aryl methyl sites for hydroxylation is 1. The molecule has 0 aromatic carbocycles. The van der Waals surface area contributed by atoms with Gasteiger partial charge in [-0.05, 0) is 6.92 Å². The summed E-state index contributed by atoms with van der Waals surface area (Å²) in [5.74, 6) is 4.78. The van der Waals surface area contributed by atoms with Crippen LogP contribution in [0.15, 0.2) is 0 Å². The van der Waals surface area contributed by atoms with Crippen molar-refractivity contribution in [3.8, 4) is 11.8 Å². The normalized spacial score (nSPS) is 11.0. The number of aliphatic hydroxyl groups excluding tert-OH is 1. The van der Waals surface area contributed by atoms with Crippen LogP contribution in [0.5, 0.6) is 0 Å². The zero-order valence-corrected chi connectivity index (χ0v) is 7.94. The van der Waals surface area contributed by atoms with E-state index in [1.54, 1.807) is 0 Å². The molecule has 0 amide bonds. The fourth-order valence-corrected chi connectivity index (χ4v) is 0.994. The van der Waals surface area contributed by atoms with Crippen molar-refractivity contribution in [1.29, 1.82) is 0 Å². The lowest BCUT2D eigenvalue weighted by atomic mass is 10.2. The number of H-pyrrole nitrogens is 1. The topological polar surface area (TPSA) is 48.9 Å². The van der Waals surface area contributed by atoms with Crippen LogP contribution in [0.1, 0.15) is 23.4 Å². The van der Waals surface area contributed by atoms with E-state index < -0.39 is 11.9 Å². The van der Waals surface area contributed by atoms with Crippen LogP contribution in [0.3, 0.4) is 0 Å². The Morgan fingerprint density at radius 1 is 1.47 bits per heavy atom. The summed E-state index contributed by atoms with van der Waals surface area (Å²) in [7, 11) is 0. The van der Waals surface area contributed by atoms with Gasteiger partial charge >= 0.3 is 6.18 Å². The van der Waals surface area contributed by atoms with Crippen LogP contribution in [-0.2, 0) is 6.18 Å². The van der Waals surface area contributed by atoms with Crippen LogP contribution < -0.4 is 0 Å². The molecule has 0 bridgehead atoms. The first kappa shape index (κ1) is 11.6. The first-order chi connectivity index (χ1) is 6.96. The lowest BCUT2D eigenvalue weighted by Gasteiger charge is -2.01. The van der Waals surface area contributed by atoms with Gasteiger partial charge in [0.1, 0.15) is 0 Å². The lowest BCUT2D eigenvalue weighted by Crippen LogP contribution is -2.07. The van der Waals surface area contributed by atoms with E-state index in [1.165, 1.54) is 6.92 Å². The first-order valence-electron chi connectivity index (χ1n) is 4.18. The molecule has 0 unspecified atom stereocenters. The molecule has 0 aliphatic rings. The highest BCUT2D eigenvalue weighted by Gasteiger charge is 2.37. The zero-order chi connectivity index (χ0) is 11.5. The Morgan fingerprint density at radius 3 is 2.67 bits per heavy atom. The largest absolute Gasteiger partial charge is 0.436 e. The maximum atomic E-state index is 12.4. The van der Waals surface area contributed by atoms with E-state index in [4.69, 9.17) is 5.11 Å². The number of aromatic nitrogens is 2. The summed E-state index contributed by atoms with van der Waals surface area (Å²) in [6, 6.07) is 0. The Hall–Kier alpha value is -1.48. The summed E-state index contributed by atoms with van der Waals surface area (Å²) in [6.45, 7) is 1.29. The minimum Gasteiger partial charge on any atom is -0.395 e. The van der Waals surface area contributed by atoms with Gasteiger partial charge in [-0.3, -0.25) is 5.10 Å². The van der Waals surface area contributed by atoms with E-state index in [0.29, 0.717) is 0 Å². The molecule has 0 spiro atoms. The second-order valence-corrected chi connectivity index (χ2v) is 2.85. The van der Waals surface area contributed by atoms with E-state index in [-0.39, 0.29) is 24.3 Å². The Kier molecular flexibility index (Phi) is 3.37. The summed E-state index contributed by atoms with van der Waals surface area (Å²) in [4.78, 5) is 0. The molecule has 1 heterocycles. The number of aromatic amines is 1. The molecule has 15 heavy (non-hydrogen) atoms. The van der Waals surface area contributed by atoms with Gasteiger partial charge in [-0.15, -0.1) is 0 Å². The molecule has 82 valence electrons. The molecule has 0 radical (unpaired) electrons. The third kappa shape index (κ3) is 2.73. The quantitative estimate of drug-likeness (QED) is 0.701. The number of rotatable bonds is 1. The van der Waals surface area contributed by atoms with Gasteiger partial charge in [0, 0.05) is 12.1 Å². The van der Waals surface area contributed by atoms with Gasteiger partial charge in [-0.25, -0.2) is 0 Å². The molecular weight excluding hydrogens is 209 g/mol. The van der Waals surface area contributed by atoms with Gasteiger partial charge < -0.3 is 5.11 Å². The van der Waals surface area contributed by atoms with Crippen LogP contribution in [0.25, 0.3) is 0 Å². The number of alkyl halides is 3. The number of hydrogen-bond donors (Lipinski definition) is 2. The van der Waals surface area contributed by atoms with Crippen LogP contribution in [0, 0.1) is 18.8 Å². The fraction of sp³-hybridized carbons (Fsp3) is 0.444. The highest BCUT2D eigenvalue weighted by atomic mass is 19.4. The molecule has 0 fully saturated rings. The molecule has 0 aliphatic heterocycles. The maximum Gasteiger partial charge on any atom is 0.436 e. The minimum atomic E-state index is -4.51. The van der Waals surface area contributed by atoms with Crippen molar-refractivity contribution in [2.75, 3.05) is 6.61 Å². The first-order valence-corrected chi connectivity index (χ1v) is 4.18. The van der Waals surface area contributed by atoms with Crippen molar-refractivity contribution in [3.63, 3.8) is 0 Å². The van der Waals surface area contributed by atoms with Crippen molar-refractivity contribution >= 4 is 0 Å². The van der Waals surface area contributed by atoms with Crippen molar-refractivity contribution in [2.24, 2.45) is 0 Å². The van der Waals surface area contributed by atoms with Gasteiger partial charge in [-0.2, -0.15) is 18.3 Å². The predicted molar refractivity (Wildman–Crippen MR) is 46.9 cm³/mol. The van der Waals surface area contributed by atoms with Crippen LogP contribution >= 0.6 is 0 Å². The summed E-state index contributed by atoms with van der Waals surface area (Å²) < 4.78 is 37.1. The summed E-state index contributed by atoms with van der Waals surface area (Å²) in [5, 5.41) is 13.8. The Balaban J connectivity index is 3.07. The van der Waals surface area contributed by atoms with Crippen molar-refractivity contribution < 1.29 is 18.3 Å². The Labute approximate surface area is 84.3 Å². The van der Waals surface area contributed by atoms with Crippen molar-refractivity contribution in [2.45, 2.75) is 19.5 Å². The Morgan fingerprint density at radius 2 is 2.13 bits per heavy atom. The van der Waals surface area contributed by atoms with Gasteiger partial charge in [0.2, 0.25) is 0 Å². The van der Waals surface area contributed by atoms with E-state index in [2.05, 4.69) is 22.0 Å². The molecule has 1 aromatic heterocycles. The number of nitrogens with zero attached hydrogens (tertiary/aromatic N) is 1. The SMILES string of the molecule is Cc1[nH]nc(C(F)(F)F)c1C#CCCO. The number of nitrogens with one attached hydrogen (secondary N) is 1. The molecule has 3 nitrogen and oxygen atoms in total. The van der Waals surface area contributed by atoms with Crippen LogP contribution in [0.2, 0.25) is 0 Å². The number of halogens is 3. The van der Waals surface area contributed by atoms with Gasteiger partial charge in [0.15, 0.2) is 5.69 Å². The van der Waals surface area contributed by atoms with Crippen molar-refractivity contribution in [1.82, 2.24) is 10.2 Å². The molecular formula is C9H9F3N2O. The molecule has 0 saturated heterocycles. The highest BCUT2D eigenvalue weighted by molar-refractivity contribution is 5.42. The molecule has 1 rings (SSSR count). The summed E-state index contributed by atoms with van der Waals surface area (Å²) in [6.07, 6.45) is -4.37. The third-order valence-electron chi connectivity index (χ3n) is 1.67. The molecule has 0 saturated carbocycles. The van der Waals surface area contributed by atoms with Crippen molar-refractivity contribution in [3.05, 3.63) is 17.0 Å². The average Bonchev–Trinajstić information content (AvgIpc) is 2.48. The van der Waals surface area contributed by atoms with Crippen LogP contribution in [0.4, 0.5) is 13.2 Å². The molecule has 1 aromatic rings. The summed E-state index contributed by atoms with van der Waals surface area (Å²) in [5.41, 5.74) is -0.894. The molecule has 0 aliphatic carbocycles. The smallest absolute Gasteiger partial charge is 0.395 e. The Bertz CT molecular complexity index is 398. The van der Waals surface area contributed by atoms with Gasteiger partial charge in [0.25, 0.3) is 0 Å². The number of hydrogen-bond acceptors (Lipinski definition) is 2. The zero-order valence-electron chi connectivity index (χ0n) is 7.94. The predicted octanol–water partition coefficient (Wildman–Crippen LogP) is 1.47. The standard InChI is InChI=1S/C9H9F3N2O/c1-6-7(4-2-3-5-15)8(14-13-6)9(10,11)12/h15H,3,5H2,1H3,(H,13,14). The van der Waals surface area contributed by atoms with E-state index in [0.717, 1.165) is 0 Å². The minimum absolute atomic E-state index is 0.141. The van der Waals surface area contributed by atoms with E-state index in [9.17, 15) is 13.2 Å². The molecule has 6 heteroatoms. The van der Waals surface area contributed by atoms with E-state index in [1.807, 2.05) is 0 Å². The third-order valence-corrected chi connectivity index (χ3v) is 1.67. The van der Waals surface area contributed by atoms with Gasteiger partial charge in [0.05, 0.1) is 12.2 Å². The fourth-order valence-electron chi connectivity index (χ4n) is 0.994. The molecule has 0 atom stereocenters. The van der Waals surface area contributed by atoms with E-state index >= 15 is 0 Å². The lowest BCUT2D eigenvalue weighted by molar-refractivity contribution is -0.141. The highest BCUT2D eigenvalue weighted by Crippen LogP contribution is 2.30.